The zero-order chi connectivity index (χ0) is 20.6. The Morgan fingerprint density at radius 1 is 1.37 bits per heavy atom. The molecular weight excluding hydrogens is 495 g/mol. The quantitative estimate of drug-likeness (QED) is 0.332. The van der Waals surface area contributed by atoms with Crippen LogP contribution in [0.4, 0.5) is 5.82 Å². The minimum absolute atomic E-state index is 0. The lowest BCUT2D eigenvalue weighted by molar-refractivity contribution is -0.119. The van der Waals surface area contributed by atoms with Gasteiger partial charge in [0.2, 0.25) is 5.91 Å². The van der Waals surface area contributed by atoms with Crippen LogP contribution in [0.3, 0.4) is 0 Å². The molecule has 168 valence electrons. The summed E-state index contributed by atoms with van der Waals surface area (Å²) in [6.45, 7) is 9.81. The van der Waals surface area contributed by atoms with Crippen molar-refractivity contribution in [3.63, 3.8) is 0 Å². The number of pyridine rings is 1. The van der Waals surface area contributed by atoms with Crippen LogP contribution < -0.4 is 16.0 Å². The molecule has 8 nitrogen and oxygen atoms in total. The fourth-order valence-electron chi connectivity index (χ4n) is 4.02. The molecule has 2 aliphatic heterocycles. The number of carbonyl (C=O) groups is 1. The lowest BCUT2D eigenvalue weighted by atomic mass is 9.95. The first kappa shape index (κ1) is 24.6. The zero-order valence-corrected chi connectivity index (χ0v) is 20.4. The lowest BCUT2D eigenvalue weighted by Gasteiger charge is -2.34. The molecule has 3 heterocycles. The number of aromatic nitrogens is 1. The van der Waals surface area contributed by atoms with Crippen molar-refractivity contribution in [2.45, 2.75) is 45.8 Å². The third kappa shape index (κ3) is 7.26. The van der Waals surface area contributed by atoms with Crippen LogP contribution in [0.2, 0.25) is 0 Å². The fraction of sp³-hybridized carbons (Fsp3) is 0.667. The number of amides is 1. The molecule has 3 N–H and O–H groups in total. The number of hydrogen-bond donors (Lipinski definition) is 2. The normalized spacial score (nSPS) is 22.4. The highest BCUT2D eigenvalue weighted by molar-refractivity contribution is 14.0. The molecular formula is C21H35IN6O2. The van der Waals surface area contributed by atoms with E-state index in [1.165, 1.54) is 0 Å². The minimum Gasteiger partial charge on any atom is -0.375 e. The molecule has 2 saturated heterocycles. The SMILES string of the molecule is CCNC(=NCc1ccc(N2CCOC(C)C2)nc1)N1CCCC(CC(N)=O)C1.I. The van der Waals surface area contributed by atoms with Crippen LogP contribution in [-0.2, 0) is 16.1 Å². The van der Waals surface area contributed by atoms with Crippen LogP contribution in [0.5, 0.6) is 0 Å². The van der Waals surface area contributed by atoms with Gasteiger partial charge in [-0.15, -0.1) is 24.0 Å². The lowest BCUT2D eigenvalue weighted by Crippen LogP contribution is -2.47. The number of nitrogens with zero attached hydrogens (tertiary/aromatic N) is 4. The Kier molecular flexibility index (Phi) is 10.1. The predicted molar refractivity (Wildman–Crippen MR) is 130 cm³/mol. The number of piperidine rings is 1. The Morgan fingerprint density at radius 2 is 2.20 bits per heavy atom. The van der Waals surface area contributed by atoms with E-state index in [2.05, 4.69) is 46.1 Å². The van der Waals surface area contributed by atoms with E-state index < -0.39 is 0 Å². The van der Waals surface area contributed by atoms with Gasteiger partial charge in [0, 0.05) is 45.3 Å². The van der Waals surface area contributed by atoms with Gasteiger partial charge in [0.15, 0.2) is 5.96 Å². The summed E-state index contributed by atoms with van der Waals surface area (Å²) in [5, 5.41) is 3.38. The molecule has 3 rings (SSSR count). The van der Waals surface area contributed by atoms with Gasteiger partial charge in [0.05, 0.1) is 19.3 Å². The smallest absolute Gasteiger partial charge is 0.217 e. The second kappa shape index (κ2) is 12.3. The number of likely N-dealkylation sites (tertiary alicyclic amines) is 1. The number of nitrogens with one attached hydrogen (secondary N) is 1. The van der Waals surface area contributed by atoms with Crippen molar-refractivity contribution in [1.82, 2.24) is 15.2 Å². The van der Waals surface area contributed by atoms with E-state index in [1.807, 2.05) is 6.20 Å². The first-order chi connectivity index (χ1) is 14.0. The van der Waals surface area contributed by atoms with Gasteiger partial charge >= 0.3 is 0 Å². The number of halogens is 1. The van der Waals surface area contributed by atoms with Gasteiger partial charge in [-0.05, 0) is 44.2 Å². The van der Waals surface area contributed by atoms with Crippen molar-refractivity contribution in [2.24, 2.45) is 16.6 Å². The van der Waals surface area contributed by atoms with E-state index in [9.17, 15) is 4.79 Å². The average molecular weight is 530 g/mol. The molecule has 0 bridgehead atoms. The third-order valence-electron chi connectivity index (χ3n) is 5.43. The van der Waals surface area contributed by atoms with E-state index in [1.54, 1.807) is 0 Å². The molecule has 9 heteroatoms. The van der Waals surface area contributed by atoms with Crippen LogP contribution in [0.15, 0.2) is 23.3 Å². The predicted octanol–water partition coefficient (Wildman–Crippen LogP) is 1.98. The highest BCUT2D eigenvalue weighted by Crippen LogP contribution is 2.20. The highest BCUT2D eigenvalue weighted by Gasteiger charge is 2.23. The Morgan fingerprint density at radius 3 is 2.87 bits per heavy atom. The average Bonchev–Trinajstić information content (AvgIpc) is 2.71. The van der Waals surface area contributed by atoms with Crippen LogP contribution in [-0.4, -0.2) is 67.2 Å². The maximum atomic E-state index is 11.3. The van der Waals surface area contributed by atoms with Gasteiger partial charge in [-0.1, -0.05) is 6.07 Å². The van der Waals surface area contributed by atoms with Crippen LogP contribution in [0.25, 0.3) is 0 Å². The Labute approximate surface area is 196 Å². The van der Waals surface area contributed by atoms with E-state index in [-0.39, 0.29) is 36.0 Å². The van der Waals surface area contributed by atoms with Gasteiger partial charge in [0.1, 0.15) is 5.82 Å². The molecule has 2 atom stereocenters. The monoisotopic (exact) mass is 530 g/mol. The number of aliphatic imine (C=N–C) groups is 1. The van der Waals surface area contributed by atoms with E-state index >= 15 is 0 Å². The molecule has 30 heavy (non-hydrogen) atoms. The summed E-state index contributed by atoms with van der Waals surface area (Å²) in [7, 11) is 0. The molecule has 0 saturated carbocycles. The van der Waals surface area contributed by atoms with Gasteiger partial charge in [-0.3, -0.25) is 4.79 Å². The number of carbonyl (C=O) groups excluding carboxylic acids is 1. The molecule has 0 aliphatic carbocycles. The van der Waals surface area contributed by atoms with Gasteiger partial charge in [0.25, 0.3) is 0 Å². The number of hydrogen-bond acceptors (Lipinski definition) is 5. The summed E-state index contributed by atoms with van der Waals surface area (Å²) in [6, 6.07) is 4.17. The molecule has 2 fully saturated rings. The number of primary amides is 1. The number of anilines is 1. The second-order valence-electron chi connectivity index (χ2n) is 7.95. The van der Waals surface area contributed by atoms with E-state index in [4.69, 9.17) is 15.5 Å². The second-order valence-corrected chi connectivity index (χ2v) is 7.95. The van der Waals surface area contributed by atoms with E-state index in [0.29, 0.717) is 18.9 Å². The molecule has 0 aromatic carbocycles. The molecule has 1 aromatic rings. The number of nitrogens with two attached hydrogens (primary N) is 1. The maximum absolute atomic E-state index is 11.3. The topological polar surface area (TPSA) is 96.1 Å². The van der Waals surface area contributed by atoms with Gasteiger partial charge < -0.3 is 25.6 Å². The Balaban J connectivity index is 0.00000320. The summed E-state index contributed by atoms with van der Waals surface area (Å²) in [5.74, 6) is 1.97. The van der Waals surface area contributed by atoms with Crippen molar-refractivity contribution < 1.29 is 9.53 Å². The van der Waals surface area contributed by atoms with Crippen LogP contribution in [0.1, 0.15) is 38.7 Å². The largest absolute Gasteiger partial charge is 0.375 e. The minimum atomic E-state index is -0.223. The molecule has 1 amide bonds. The van der Waals surface area contributed by atoms with Crippen molar-refractivity contribution in [3.05, 3.63) is 23.9 Å². The van der Waals surface area contributed by atoms with Crippen LogP contribution >= 0.6 is 24.0 Å². The number of morpholine rings is 1. The summed E-state index contributed by atoms with van der Waals surface area (Å²) in [6.07, 6.45) is 4.69. The summed E-state index contributed by atoms with van der Waals surface area (Å²) >= 11 is 0. The van der Waals surface area contributed by atoms with Crippen LogP contribution in [0, 0.1) is 5.92 Å². The van der Waals surface area contributed by atoms with Gasteiger partial charge in [-0.25, -0.2) is 9.98 Å². The zero-order valence-electron chi connectivity index (χ0n) is 18.0. The molecule has 1 aromatic heterocycles. The Bertz CT molecular complexity index is 699. The van der Waals surface area contributed by atoms with E-state index in [0.717, 1.165) is 69.5 Å². The summed E-state index contributed by atoms with van der Waals surface area (Å²) in [5.41, 5.74) is 6.47. The standard InChI is InChI=1S/C21H34N6O2.HI/c1-3-23-21(27-8-4-5-17(15-27)11-19(22)28)25-13-18-6-7-20(24-12-18)26-9-10-29-16(2)14-26;/h6-7,12,16-17H,3-5,8-11,13-15H2,1-2H3,(H2,22,28)(H,23,25);1H. The number of guanidine groups is 1. The van der Waals surface area contributed by atoms with Crippen molar-refractivity contribution in [3.8, 4) is 0 Å². The van der Waals surface area contributed by atoms with Gasteiger partial charge in [-0.2, -0.15) is 0 Å². The number of rotatable bonds is 6. The fourth-order valence-corrected chi connectivity index (χ4v) is 4.02. The Hall–Kier alpha value is -1.62. The molecule has 0 spiro atoms. The summed E-state index contributed by atoms with van der Waals surface area (Å²) in [4.78, 5) is 25.2. The first-order valence-electron chi connectivity index (χ1n) is 10.7. The van der Waals surface area contributed by atoms with Crippen molar-refractivity contribution >= 4 is 41.7 Å². The molecule has 0 radical (unpaired) electrons. The maximum Gasteiger partial charge on any atom is 0.217 e. The van der Waals surface area contributed by atoms with Crippen molar-refractivity contribution in [2.75, 3.05) is 44.2 Å². The molecule has 2 aliphatic rings. The summed E-state index contributed by atoms with van der Waals surface area (Å²) < 4.78 is 5.60. The number of ether oxygens (including phenoxy) is 1. The van der Waals surface area contributed by atoms with Crippen molar-refractivity contribution in [1.29, 1.82) is 0 Å². The molecule has 2 unspecified atom stereocenters. The third-order valence-corrected chi connectivity index (χ3v) is 5.43. The highest BCUT2D eigenvalue weighted by atomic mass is 127. The first-order valence-corrected chi connectivity index (χ1v) is 10.7.